The number of likely N-dealkylation sites (N-methyl/N-ethyl adjacent to an activating group) is 1. The predicted molar refractivity (Wildman–Crippen MR) is 112 cm³/mol. The molecule has 3 aromatic rings. The van der Waals surface area contributed by atoms with E-state index in [9.17, 15) is 4.79 Å². The summed E-state index contributed by atoms with van der Waals surface area (Å²) in [6, 6.07) is 7.53. The maximum Gasteiger partial charge on any atom is 0.238 e. The van der Waals surface area contributed by atoms with Gasteiger partial charge in [-0.3, -0.25) is 9.69 Å². The number of hydrogen-bond acceptors (Lipinski definition) is 7. The Balaban J connectivity index is 1.35. The van der Waals surface area contributed by atoms with Gasteiger partial charge in [-0.05, 0) is 30.1 Å². The van der Waals surface area contributed by atoms with Crippen molar-refractivity contribution < 1.29 is 14.3 Å². The van der Waals surface area contributed by atoms with Gasteiger partial charge < -0.3 is 14.8 Å². The number of nitrogens with one attached hydrogen (secondary N) is 1. The van der Waals surface area contributed by atoms with Crippen molar-refractivity contribution in [3.05, 3.63) is 46.1 Å². The molecule has 0 saturated carbocycles. The summed E-state index contributed by atoms with van der Waals surface area (Å²) in [7, 11) is 0. The van der Waals surface area contributed by atoms with Gasteiger partial charge in [-0.15, -0.1) is 11.3 Å². The third-order valence-corrected chi connectivity index (χ3v) is 5.97. The number of fused-ring (bicyclic) bond motifs is 1. The molecule has 0 atom stereocenters. The van der Waals surface area contributed by atoms with E-state index in [1.54, 1.807) is 28.7 Å². The fourth-order valence-corrected chi connectivity index (χ4v) is 4.45. The number of aromatic nitrogens is 1. The van der Waals surface area contributed by atoms with E-state index in [2.05, 4.69) is 32.4 Å². The molecular formula is C20H21N3O3S2. The second-order valence-corrected chi connectivity index (χ2v) is 8.00. The third-order valence-electron chi connectivity index (χ3n) is 4.35. The third kappa shape index (κ3) is 4.52. The first-order valence-electron chi connectivity index (χ1n) is 9.10. The predicted octanol–water partition coefficient (Wildman–Crippen LogP) is 4.10. The molecule has 8 heteroatoms. The molecule has 28 heavy (non-hydrogen) atoms. The number of hydrogen-bond donors (Lipinski definition) is 1. The van der Waals surface area contributed by atoms with Crippen LogP contribution in [0.5, 0.6) is 11.5 Å². The van der Waals surface area contributed by atoms with Gasteiger partial charge in [0.1, 0.15) is 18.2 Å². The van der Waals surface area contributed by atoms with Gasteiger partial charge in [-0.2, -0.15) is 11.3 Å². The number of ether oxygens (including phenoxy) is 2. The number of anilines is 1. The average Bonchev–Trinajstić information content (AvgIpc) is 3.39. The molecule has 0 fully saturated rings. The Kier molecular flexibility index (Phi) is 5.90. The number of carbonyl (C=O) groups is 1. The SMILES string of the molecule is CCN(CC(=O)Nc1ccc2c(c1)OCCO2)Cc1csc(-c2ccsc2)n1. The topological polar surface area (TPSA) is 63.7 Å². The highest BCUT2D eigenvalue weighted by molar-refractivity contribution is 7.14. The van der Waals surface area contributed by atoms with Crippen LogP contribution in [-0.4, -0.2) is 42.1 Å². The van der Waals surface area contributed by atoms with Crippen LogP contribution >= 0.6 is 22.7 Å². The van der Waals surface area contributed by atoms with Crippen LogP contribution in [0.3, 0.4) is 0 Å². The van der Waals surface area contributed by atoms with E-state index in [1.807, 2.05) is 19.1 Å². The van der Waals surface area contributed by atoms with E-state index in [4.69, 9.17) is 14.5 Å². The number of thiophene rings is 1. The van der Waals surface area contributed by atoms with Crippen molar-refractivity contribution in [1.29, 1.82) is 0 Å². The van der Waals surface area contributed by atoms with Crippen LogP contribution in [0.2, 0.25) is 0 Å². The Hall–Kier alpha value is -2.42. The number of nitrogens with zero attached hydrogens (tertiary/aromatic N) is 2. The van der Waals surface area contributed by atoms with E-state index in [0.29, 0.717) is 43.5 Å². The summed E-state index contributed by atoms with van der Waals surface area (Å²) in [5, 5.41) is 10.2. The molecule has 3 heterocycles. The highest BCUT2D eigenvalue weighted by Gasteiger charge is 2.15. The van der Waals surface area contributed by atoms with E-state index in [-0.39, 0.29) is 5.91 Å². The molecular weight excluding hydrogens is 394 g/mol. The zero-order valence-corrected chi connectivity index (χ0v) is 17.1. The van der Waals surface area contributed by atoms with Crippen molar-refractivity contribution in [1.82, 2.24) is 9.88 Å². The highest BCUT2D eigenvalue weighted by Crippen LogP contribution is 2.32. The molecule has 0 unspecified atom stereocenters. The maximum absolute atomic E-state index is 12.5. The molecule has 146 valence electrons. The molecule has 1 aliphatic heterocycles. The second-order valence-electron chi connectivity index (χ2n) is 6.37. The normalized spacial score (nSPS) is 12.9. The number of benzene rings is 1. The molecule has 2 aromatic heterocycles. The Morgan fingerprint density at radius 2 is 2.07 bits per heavy atom. The van der Waals surface area contributed by atoms with Gasteiger partial charge >= 0.3 is 0 Å². The Labute approximate surface area is 171 Å². The maximum atomic E-state index is 12.5. The minimum absolute atomic E-state index is 0.0631. The lowest BCUT2D eigenvalue weighted by atomic mass is 10.2. The monoisotopic (exact) mass is 415 g/mol. The van der Waals surface area contributed by atoms with E-state index in [0.717, 1.165) is 22.8 Å². The molecule has 0 bridgehead atoms. The smallest absolute Gasteiger partial charge is 0.238 e. The summed E-state index contributed by atoms with van der Waals surface area (Å²) in [5.74, 6) is 1.32. The van der Waals surface area contributed by atoms with Gasteiger partial charge in [0.05, 0.1) is 12.2 Å². The first-order chi connectivity index (χ1) is 13.7. The van der Waals surface area contributed by atoms with Gasteiger partial charge in [-0.1, -0.05) is 6.92 Å². The number of amides is 1. The van der Waals surface area contributed by atoms with Crippen LogP contribution in [0.1, 0.15) is 12.6 Å². The van der Waals surface area contributed by atoms with Crippen molar-refractivity contribution in [2.75, 3.05) is 31.6 Å². The van der Waals surface area contributed by atoms with E-state index < -0.39 is 0 Å². The summed E-state index contributed by atoms with van der Waals surface area (Å²) >= 11 is 3.30. The minimum Gasteiger partial charge on any atom is -0.486 e. The number of rotatable bonds is 7. The first-order valence-corrected chi connectivity index (χ1v) is 10.9. The lowest BCUT2D eigenvalue weighted by Gasteiger charge is -2.20. The summed E-state index contributed by atoms with van der Waals surface area (Å²) in [5.41, 5.74) is 2.85. The number of thiazole rings is 1. The Bertz CT molecular complexity index is 940. The van der Waals surface area contributed by atoms with Crippen molar-refractivity contribution in [3.8, 4) is 22.1 Å². The molecule has 0 radical (unpaired) electrons. The zero-order valence-electron chi connectivity index (χ0n) is 15.5. The van der Waals surface area contributed by atoms with Crippen LogP contribution in [0.15, 0.2) is 40.4 Å². The lowest BCUT2D eigenvalue weighted by Crippen LogP contribution is -2.32. The van der Waals surface area contributed by atoms with Crippen molar-refractivity contribution in [3.63, 3.8) is 0 Å². The van der Waals surface area contributed by atoms with Crippen LogP contribution < -0.4 is 14.8 Å². The number of carbonyl (C=O) groups excluding carboxylic acids is 1. The van der Waals surface area contributed by atoms with Gasteiger partial charge in [0.25, 0.3) is 0 Å². The van der Waals surface area contributed by atoms with Crippen LogP contribution in [0.25, 0.3) is 10.6 Å². The molecule has 0 spiro atoms. The quantitative estimate of drug-likeness (QED) is 0.629. The van der Waals surface area contributed by atoms with E-state index >= 15 is 0 Å². The molecule has 0 aliphatic carbocycles. The first kappa shape index (κ1) is 18.9. The van der Waals surface area contributed by atoms with Gasteiger partial charge in [-0.25, -0.2) is 4.98 Å². The van der Waals surface area contributed by atoms with Crippen LogP contribution in [0, 0.1) is 0 Å². The fraction of sp³-hybridized carbons (Fsp3) is 0.300. The van der Waals surface area contributed by atoms with Gasteiger partial charge in [0, 0.05) is 34.6 Å². The molecule has 6 nitrogen and oxygen atoms in total. The zero-order chi connectivity index (χ0) is 19.3. The molecule has 1 aromatic carbocycles. The van der Waals surface area contributed by atoms with Gasteiger partial charge in [0.15, 0.2) is 11.5 Å². The second kappa shape index (κ2) is 8.72. The Morgan fingerprint density at radius 1 is 1.21 bits per heavy atom. The van der Waals surface area contributed by atoms with Crippen LogP contribution in [-0.2, 0) is 11.3 Å². The molecule has 1 amide bonds. The minimum atomic E-state index is -0.0631. The van der Waals surface area contributed by atoms with Crippen molar-refractivity contribution in [2.24, 2.45) is 0 Å². The summed E-state index contributed by atoms with van der Waals surface area (Å²) in [4.78, 5) is 19.3. The Morgan fingerprint density at radius 3 is 2.86 bits per heavy atom. The largest absolute Gasteiger partial charge is 0.486 e. The highest BCUT2D eigenvalue weighted by atomic mass is 32.1. The summed E-state index contributed by atoms with van der Waals surface area (Å²) in [6.45, 7) is 4.83. The summed E-state index contributed by atoms with van der Waals surface area (Å²) < 4.78 is 11.1. The summed E-state index contributed by atoms with van der Waals surface area (Å²) in [6.07, 6.45) is 0. The molecule has 1 N–H and O–H groups in total. The molecule has 0 saturated heterocycles. The molecule has 1 aliphatic rings. The van der Waals surface area contributed by atoms with Crippen molar-refractivity contribution in [2.45, 2.75) is 13.5 Å². The standard InChI is InChI=1S/C20H21N3O3S2/c1-2-23(10-16-13-28-20(22-16)14-5-8-27-12-14)11-19(24)21-15-3-4-17-18(9-15)26-7-6-25-17/h3-5,8-9,12-13H,2,6-7,10-11H2,1H3,(H,21,24). The van der Waals surface area contributed by atoms with Gasteiger partial charge in [0.2, 0.25) is 5.91 Å². The lowest BCUT2D eigenvalue weighted by molar-refractivity contribution is -0.117. The van der Waals surface area contributed by atoms with Crippen molar-refractivity contribution >= 4 is 34.3 Å². The van der Waals surface area contributed by atoms with Crippen LogP contribution in [0.4, 0.5) is 5.69 Å². The fourth-order valence-electron chi connectivity index (χ4n) is 2.93. The van der Waals surface area contributed by atoms with E-state index in [1.165, 1.54) is 0 Å². The molecule has 4 rings (SSSR count). The average molecular weight is 416 g/mol.